The lowest BCUT2D eigenvalue weighted by Gasteiger charge is -2.27. The van der Waals surface area contributed by atoms with Crippen LogP contribution in [0.5, 0.6) is 0 Å². The SMILES string of the molecule is NC1C2CCC(C2)C1C(=O)NCCCCCCC(=O)O. The largest absolute Gasteiger partial charge is 0.481 e. The van der Waals surface area contributed by atoms with Crippen LogP contribution in [-0.4, -0.2) is 29.6 Å². The molecule has 20 heavy (non-hydrogen) atoms. The van der Waals surface area contributed by atoms with Crippen LogP contribution in [-0.2, 0) is 9.59 Å². The summed E-state index contributed by atoms with van der Waals surface area (Å²) in [6, 6.07) is 0.0596. The van der Waals surface area contributed by atoms with Gasteiger partial charge in [-0.15, -0.1) is 0 Å². The lowest BCUT2D eigenvalue weighted by atomic mass is 9.84. The van der Waals surface area contributed by atoms with Gasteiger partial charge in [0.15, 0.2) is 0 Å². The fourth-order valence-corrected chi connectivity index (χ4v) is 3.81. The molecule has 1 amide bonds. The van der Waals surface area contributed by atoms with Gasteiger partial charge in [-0.3, -0.25) is 9.59 Å². The second kappa shape index (κ2) is 7.07. The van der Waals surface area contributed by atoms with Gasteiger partial charge in [-0.25, -0.2) is 0 Å². The molecule has 0 radical (unpaired) electrons. The Bertz CT molecular complexity index is 357. The second-order valence-electron chi connectivity index (χ2n) is 6.29. The van der Waals surface area contributed by atoms with Crippen molar-refractivity contribution in [1.29, 1.82) is 0 Å². The van der Waals surface area contributed by atoms with Crippen molar-refractivity contribution in [3.8, 4) is 0 Å². The number of hydrogen-bond acceptors (Lipinski definition) is 3. The van der Waals surface area contributed by atoms with E-state index in [9.17, 15) is 9.59 Å². The number of nitrogens with one attached hydrogen (secondary N) is 1. The van der Waals surface area contributed by atoms with Gasteiger partial charge in [0.25, 0.3) is 0 Å². The van der Waals surface area contributed by atoms with Crippen LogP contribution in [0.2, 0.25) is 0 Å². The van der Waals surface area contributed by atoms with Crippen LogP contribution in [0.3, 0.4) is 0 Å². The van der Waals surface area contributed by atoms with E-state index in [1.54, 1.807) is 0 Å². The van der Waals surface area contributed by atoms with E-state index >= 15 is 0 Å². The Morgan fingerprint density at radius 3 is 2.45 bits per heavy atom. The minimum atomic E-state index is -0.733. The molecule has 0 aromatic heterocycles. The van der Waals surface area contributed by atoms with Gasteiger partial charge < -0.3 is 16.2 Å². The lowest BCUT2D eigenvalue weighted by molar-refractivity contribution is -0.137. The van der Waals surface area contributed by atoms with Crippen LogP contribution in [0.4, 0.5) is 0 Å². The molecule has 5 heteroatoms. The first kappa shape index (κ1) is 15.3. The summed E-state index contributed by atoms with van der Waals surface area (Å²) in [5.74, 6) is 0.497. The van der Waals surface area contributed by atoms with E-state index in [0.717, 1.165) is 38.5 Å². The zero-order chi connectivity index (χ0) is 14.5. The number of carbonyl (C=O) groups excluding carboxylic acids is 1. The number of hydrogen-bond donors (Lipinski definition) is 3. The molecule has 4 unspecified atom stereocenters. The van der Waals surface area contributed by atoms with Crippen LogP contribution in [0.1, 0.15) is 51.4 Å². The van der Waals surface area contributed by atoms with Crippen LogP contribution in [0, 0.1) is 17.8 Å². The average molecular weight is 282 g/mol. The van der Waals surface area contributed by atoms with Gasteiger partial charge in [0.05, 0.1) is 5.92 Å². The summed E-state index contributed by atoms with van der Waals surface area (Å²) in [7, 11) is 0. The quantitative estimate of drug-likeness (QED) is 0.588. The number of unbranched alkanes of at least 4 members (excludes halogenated alkanes) is 3. The van der Waals surface area contributed by atoms with E-state index in [0.29, 0.717) is 18.4 Å². The molecule has 4 atom stereocenters. The smallest absolute Gasteiger partial charge is 0.303 e. The molecule has 0 aromatic carbocycles. The molecule has 2 aliphatic carbocycles. The van der Waals surface area contributed by atoms with E-state index in [-0.39, 0.29) is 24.3 Å². The summed E-state index contributed by atoms with van der Waals surface area (Å²) in [6.45, 7) is 0.687. The molecule has 2 bridgehead atoms. The van der Waals surface area contributed by atoms with Crippen LogP contribution in [0.25, 0.3) is 0 Å². The summed E-state index contributed by atoms with van der Waals surface area (Å²) >= 11 is 0. The molecule has 0 aromatic rings. The van der Waals surface area contributed by atoms with Crippen LogP contribution in [0.15, 0.2) is 0 Å². The maximum atomic E-state index is 12.2. The zero-order valence-electron chi connectivity index (χ0n) is 12.0. The van der Waals surface area contributed by atoms with Crippen molar-refractivity contribution in [3.63, 3.8) is 0 Å². The molecule has 0 heterocycles. The van der Waals surface area contributed by atoms with Crippen molar-refractivity contribution in [2.75, 3.05) is 6.54 Å². The summed E-state index contributed by atoms with van der Waals surface area (Å²) in [5.41, 5.74) is 6.15. The lowest BCUT2D eigenvalue weighted by Crippen LogP contribution is -2.45. The van der Waals surface area contributed by atoms with E-state index in [1.807, 2.05) is 0 Å². The zero-order valence-corrected chi connectivity index (χ0v) is 12.0. The number of carbonyl (C=O) groups is 2. The van der Waals surface area contributed by atoms with Crippen molar-refractivity contribution >= 4 is 11.9 Å². The molecule has 114 valence electrons. The number of amides is 1. The predicted octanol–water partition coefficient (Wildman–Crippen LogP) is 1.51. The third kappa shape index (κ3) is 3.72. The molecular weight excluding hydrogens is 256 g/mol. The first-order chi connectivity index (χ1) is 9.59. The van der Waals surface area contributed by atoms with Crippen molar-refractivity contribution in [2.45, 2.75) is 57.4 Å². The Kier molecular flexibility index (Phi) is 5.40. The first-order valence-corrected chi connectivity index (χ1v) is 7.84. The van der Waals surface area contributed by atoms with Crippen molar-refractivity contribution in [3.05, 3.63) is 0 Å². The highest BCUT2D eigenvalue weighted by molar-refractivity contribution is 5.80. The van der Waals surface area contributed by atoms with Gasteiger partial charge in [0.2, 0.25) is 5.91 Å². The Balaban J connectivity index is 1.56. The number of carboxylic acids is 1. The van der Waals surface area contributed by atoms with Crippen LogP contribution >= 0.6 is 0 Å². The topological polar surface area (TPSA) is 92.4 Å². The van der Waals surface area contributed by atoms with Gasteiger partial charge >= 0.3 is 5.97 Å². The van der Waals surface area contributed by atoms with E-state index in [1.165, 1.54) is 6.42 Å². The summed E-state index contributed by atoms with van der Waals surface area (Å²) in [6.07, 6.45) is 7.25. The normalized spacial score (nSPS) is 31.4. The number of aliphatic carboxylic acids is 1. The fraction of sp³-hybridized carbons (Fsp3) is 0.867. The number of nitrogens with two attached hydrogens (primary N) is 1. The summed E-state index contributed by atoms with van der Waals surface area (Å²) in [4.78, 5) is 22.5. The van der Waals surface area contributed by atoms with Gasteiger partial charge in [-0.05, 0) is 43.9 Å². The molecular formula is C15H26N2O3. The minimum absolute atomic E-state index is 0.0285. The monoisotopic (exact) mass is 282 g/mol. The maximum Gasteiger partial charge on any atom is 0.303 e. The number of carboxylic acid groups (broad SMARTS) is 1. The van der Waals surface area contributed by atoms with Gasteiger partial charge in [-0.2, -0.15) is 0 Å². The molecule has 2 aliphatic rings. The third-order valence-corrected chi connectivity index (χ3v) is 4.90. The highest BCUT2D eigenvalue weighted by Crippen LogP contribution is 2.47. The fourth-order valence-electron chi connectivity index (χ4n) is 3.81. The molecule has 2 saturated carbocycles. The Morgan fingerprint density at radius 2 is 1.80 bits per heavy atom. The first-order valence-electron chi connectivity index (χ1n) is 7.84. The Labute approximate surface area is 120 Å². The van der Waals surface area contributed by atoms with Gasteiger partial charge in [0.1, 0.15) is 0 Å². The second-order valence-corrected chi connectivity index (χ2v) is 6.29. The van der Waals surface area contributed by atoms with Gasteiger partial charge in [-0.1, -0.05) is 12.8 Å². The average Bonchev–Trinajstić information content (AvgIpc) is 2.97. The maximum absolute atomic E-state index is 12.2. The number of rotatable bonds is 8. The van der Waals surface area contributed by atoms with Crippen molar-refractivity contribution < 1.29 is 14.7 Å². The number of fused-ring (bicyclic) bond motifs is 2. The molecule has 4 N–H and O–H groups in total. The molecule has 0 saturated heterocycles. The summed E-state index contributed by atoms with van der Waals surface area (Å²) in [5, 5.41) is 11.5. The van der Waals surface area contributed by atoms with Crippen LogP contribution < -0.4 is 11.1 Å². The summed E-state index contributed by atoms with van der Waals surface area (Å²) < 4.78 is 0. The highest BCUT2D eigenvalue weighted by atomic mass is 16.4. The molecule has 0 aliphatic heterocycles. The van der Waals surface area contributed by atoms with E-state index in [2.05, 4.69) is 5.32 Å². The molecule has 2 fully saturated rings. The minimum Gasteiger partial charge on any atom is -0.481 e. The predicted molar refractivity (Wildman–Crippen MR) is 76.0 cm³/mol. The standard InChI is InChI=1S/C15H26N2O3/c16-14-11-7-6-10(9-11)13(14)15(20)17-8-4-2-1-3-5-12(18)19/h10-11,13-14H,1-9,16H2,(H,17,20)(H,18,19). The van der Waals surface area contributed by atoms with Crippen molar-refractivity contribution in [2.24, 2.45) is 23.5 Å². The van der Waals surface area contributed by atoms with E-state index < -0.39 is 5.97 Å². The highest BCUT2D eigenvalue weighted by Gasteiger charge is 2.48. The molecule has 5 nitrogen and oxygen atoms in total. The molecule has 0 spiro atoms. The third-order valence-electron chi connectivity index (χ3n) is 4.90. The Hall–Kier alpha value is -1.10. The molecule has 2 rings (SSSR count). The van der Waals surface area contributed by atoms with E-state index in [4.69, 9.17) is 10.8 Å². The Morgan fingerprint density at radius 1 is 1.10 bits per heavy atom. The van der Waals surface area contributed by atoms with Crippen molar-refractivity contribution in [1.82, 2.24) is 5.32 Å². The van der Waals surface area contributed by atoms with Gasteiger partial charge in [0, 0.05) is 19.0 Å².